The topological polar surface area (TPSA) is 69.7 Å². The van der Waals surface area contributed by atoms with Crippen LogP contribution in [-0.2, 0) is 14.4 Å². The molecule has 1 aliphatic rings. The summed E-state index contributed by atoms with van der Waals surface area (Å²) in [5.41, 5.74) is 1.33. The third-order valence-corrected chi connectivity index (χ3v) is 5.69. The minimum absolute atomic E-state index is 0.0179. The molecule has 0 aliphatic carbocycles. The summed E-state index contributed by atoms with van der Waals surface area (Å²) in [5.74, 6) is -0.199. The lowest BCUT2D eigenvalue weighted by Crippen LogP contribution is -2.40. The largest absolute Gasteiger partial charge is 0.336 e. The SMILES string of the molecule is CN(CC(=O)Nc1ccccc1Cl)C(=O)CCN1C(=O)CSc2ccccc21. The highest BCUT2D eigenvalue weighted by atomic mass is 35.5. The zero-order valence-corrected chi connectivity index (χ0v) is 16.9. The Morgan fingerprint density at radius 1 is 1.18 bits per heavy atom. The van der Waals surface area contributed by atoms with Gasteiger partial charge in [-0.2, -0.15) is 0 Å². The average molecular weight is 418 g/mol. The molecule has 146 valence electrons. The molecule has 3 amide bonds. The molecule has 0 saturated heterocycles. The third kappa shape index (κ3) is 4.85. The zero-order chi connectivity index (χ0) is 20.1. The van der Waals surface area contributed by atoms with Gasteiger partial charge in [0.1, 0.15) is 0 Å². The van der Waals surface area contributed by atoms with Crippen molar-refractivity contribution in [1.29, 1.82) is 0 Å². The Morgan fingerprint density at radius 3 is 2.68 bits per heavy atom. The van der Waals surface area contributed by atoms with Crippen molar-refractivity contribution in [2.45, 2.75) is 11.3 Å². The van der Waals surface area contributed by atoms with Crippen LogP contribution in [0.5, 0.6) is 0 Å². The van der Waals surface area contributed by atoms with Crippen LogP contribution < -0.4 is 10.2 Å². The van der Waals surface area contributed by atoms with Crippen LogP contribution in [0.2, 0.25) is 5.02 Å². The Balaban J connectivity index is 1.54. The molecule has 1 heterocycles. The first-order valence-electron chi connectivity index (χ1n) is 8.76. The summed E-state index contributed by atoms with van der Waals surface area (Å²) >= 11 is 7.52. The first kappa shape index (κ1) is 20.2. The molecule has 0 aromatic heterocycles. The Kier molecular flexibility index (Phi) is 6.59. The molecule has 0 spiro atoms. The van der Waals surface area contributed by atoms with Gasteiger partial charge in [0.05, 0.1) is 28.7 Å². The van der Waals surface area contributed by atoms with Gasteiger partial charge in [-0.1, -0.05) is 35.9 Å². The van der Waals surface area contributed by atoms with Crippen LogP contribution in [0.3, 0.4) is 0 Å². The van der Waals surface area contributed by atoms with Crippen molar-refractivity contribution in [1.82, 2.24) is 4.90 Å². The molecular weight excluding hydrogens is 398 g/mol. The minimum Gasteiger partial charge on any atom is -0.336 e. The fourth-order valence-corrected chi connectivity index (χ4v) is 3.97. The number of nitrogens with zero attached hydrogens (tertiary/aromatic N) is 2. The van der Waals surface area contributed by atoms with E-state index in [0.29, 0.717) is 16.5 Å². The molecule has 0 unspecified atom stereocenters. The number of anilines is 2. The van der Waals surface area contributed by atoms with E-state index in [0.717, 1.165) is 10.6 Å². The number of fused-ring (bicyclic) bond motifs is 1. The number of carbonyl (C=O) groups excluding carboxylic acids is 3. The van der Waals surface area contributed by atoms with Gasteiger partial charge in [0, 0.05) is 24.9 Å². The lowest BCUT2D eigenvalue weighted by atomic mass is 10.2. The maximum atomic E-state index is 12.4. The van der Waals surface area contributed by atoms with Gasteiger partial charge in [-0.25, -0.2) is 0 Å². The number of benzene rings is 2. The van der Waals surface area contributed by atoms with E-state index >= 15 is 0 Å². The number of halogens is 1. The Labute approximate surface area is 172 Å². The molecule has 0 atom stereocenters. The quantitative estimate of drug-likeness (QED) is 0.783. The van der Waals surface area contributed by atoms with Gasteiger partial charge in [-0.15, -0.1) is 11.8 Å². The molecule has 0 fully saturated rings. The first-order valence-corrected chi connectivity index (χ1v) is 10.1. The molecule has 3 rings (SSSR count). The summed E-state index contributed by atoms with van der Waals surface area (Å²) in [5, 5.41) is 3.12. The molecular formula is C20H20ClN3O3S. The van der Waals surface area contributed by atoms with Gasteiger partial charge in [-0.05, 0) is 24.3 Å². The summed E-state index contributed by atoms with van der Waals surface area (Å²) < 4.78 is 0. The molecule has 2 aromatic carbocycles. The van der Waals surface area contributed by atoms with Crippen molar-refractivity contribution in [3.8, 4) is 0 Å². The van der Waals surface area contributed by atoms with Crippen LogP contribution >= 0.6 is 23.4 Å². The Morgan fingerprint density at radius 2 is 1.89 bits per heavy atom. The summed E-state index contributed by atoms with van der Waals surface area (Å²) in [6.07, 6.45) is 0.139. The van der Waals surface area contributed by atoms with Crippen molar-refractivity contribution >= 4 is 52.5 Å². The van der Waals surface area contributed by atoms with E-state index < -0.39 is 0 Å². The number of thioether (sulfide) groups is 1. The second-order valence-corrected chi connectivity index (χ2v) is 7.75. The number of hydrogen-bond donors (Lipinski definition) is 1. The van der Waals surface area contributed by atoms with Crippen molar-refractivity contribution in [2.75, 3.05) is 36.1 Å². The van der Waals surface area contributed by atoms with Crippen molar-refractivity contribution in [3.63, 3.8) is 0 Å². The number of carbonyl (C=O) groups is 3. The maximum Gasteiger partial charge on any atom is 0.244 e. The highest BCUT2D eigenvalue weighted by molar-refractivity contribution is 8.00. The number of para-hydroxylation sites is 2. The molecule has 1 aliphatic heterocycles. The van der Waals surface area contributed by atoms with Crippen molar-refractivity contribution in [2.24, 2.45) is 0 Å². The predicted molar refractivity (Wildman–Crippen MR) is 112 cm³/mol. The molecule has 0 radical (unpaired) electrons. The van der Waals surface area contributed by atoms with E-state index in [-0.39, 0.29) is 37.2 Å². The number of likely N-dealkylation sites (N-methyl/N-ethyl adjacent to an activating group) is 1. The first-order chi connectivity index (χ1) is 13.5. The van der Waals surface area contributed by atoms with Gasteiger partial charge >= 0.3 is 0 Å². The van der Waals surface area contributed by atoms with Crippen LogP contribution in [0.4, 0.5) is 11.4 Å². The van der Waals surface area contributed by atoms with Crippen LogP contribution in [0.15, 0.2) is 53.4 Å². The standard InChI is InChI=1S/C20H20ClN3O3S/c1-23(12-18(25)22-15-7-3-2-6-14(15)21)19(26)10-11-24-16-8-4-5-9-17(16)28-13-20(24)27/h2-9H,10-13H2,1H3,(H,22,25). The van der Waals surface area contributed by atoms with E-state index in [1.165, 1.54) is 16.7 Å². The number of nitrogens with one attached hydrogen (secondary N) is 1. The van der Waals surface area contributed by atoms with Gasteiger partial charge in [-0.3, -0.25) is 14.4 Å². The highest BCUT2D eigenvalue weighted by Gasteiger charge is 2.25. The Bertz CT molecular complexity index is 906. The van der Waals surface area contributed by atoms with Crippen LogP contribution in [-0.4, -0.2) is 48.5 Å². The van der Waals surface area contributed by atoms with Gasteiger partial charge < -0.3 is 15.1 Å². The highest BCUT2D eigenvalue weighted by Crippen LogP contribution is 2.34. The Hall–Kier alpha value is -2.51. The molecule has 8 heteroatoms. The lowest BCUT2D eigenvalue weighted by molar-refractivity contribution is -0.133. The third-order valence-electron chi connectivity index (χ3n) is 4.31. The summed E-state index contributed by atoms with van der Waals surface area (Å²) in [6, 6.07) is 14.6. The fraction of sp³-hybridized carbons (Fsp3) is 0.250. The number of hydrogen-bond acceptors (Lipinski definition) is 4. The second kappa shape index (κ2) is 9.12. The predicted octanol–water partition coefficient (Wildman–Crippen LogP) is 3.27. The van der Waals surface area contributed by atoms with Gasteiger partial charge in [0.25, 0.3) is 0 Å². The van der Waals surface area contributed by atoms with Gasteiger partial charge in [0.15, 0.2) is 0 Å². The smallest absolute Gasteiger partial charge is 0.244 e. The molecule has 2 aromatic rings. The van der Waals surface area contributed by atoms with Crippen LogP contribution in [0, 0.1) is 0 Å². The fourth-order valence-electron chi connectivity index (χ4n) is 2.85. The summed E-state index contributed by atoms with van der Waals surface area (Å²) in [6.45, 7) is 0.191. The normalized spacial score (nSPS) is 13.1. The molecule has 0 saturated carbocycles. The molecule has 1 N–H and O–H groups in total. The monoisotopic (exact) mass is 417 g/mol. The van der Waals surface area contributed by atoms with E-state index in [9.17, 15) is 14.4 Å². The number of amides is 3. The van der Waals surface area contributed by atoms with Crippen molar-refractivity contribution < 1.29 is 14.4 Å². The van der Waals surface area contributed by atoms with E-state index in [2.05, 4.69) is 5.32 Å². The lowest BCUT2D eigenvalue weighted by Gasteiger charge is -2.29. The minimum atomic E-state index is -0.334. The van der Waals surface area contributed by atoms with Crippen LogP contribution in [0.25, 0.3) is 0 Å². The molecule has 0 bridgehead atoms. The maximum absolute atomic E-state index is 12.4. The van der Waals surface area contributed by atoms with E-state index in [4.69, 9.17) is 11.6 Å². The number of rotatable bonds is 6. The second-order valence-electron chi connectivity index (χ2n) is 6.33. The van der Waals surface area contributed by atoms with Gasteiger partial charge in [0.2, 0.25) is 17.7 Å². The summed E-state index contributed by atoms with van der Waals surface area (Å²) in [4.78, 5) is 40.9. The van der Waals surface area contributed by atoms with Crippen molar-refractivity contribution in [3.05, 3.63) is 53.6 Å². The van der Waals surface area contributed by atoms with Crippen LogP contribution in [0.1, 0.15) is 6.42 Å². The molecule has 6 nitrogen and oxygen atoms in total. The molecule has 28 heavy (non-hydrogen) atoms. The van der Waals surface area contributed by atoms with E-state index in [1.54, 1.807) is 36.2 Å². The average Bonchev–Trinajstić information content (AvgIpc) is 2.68. The zero-order valence-electron chi connectivity index (χ0n) is 15.4. The van der Waals surface area contributed by atoms with E-state index in [1.807, 2.05) is 24.3 Å². The summed E-state index contributed by atoms with van der Waals surface area (Å²) in [7, 11) is 1.57.